The van der Waals surface area contributed by atoms with Gasteiger partial charge in [0.15, 0.2) is 0 Å². The Morgan fingerprint density at radius 3 is 3.00 bits per heavy atom. The summed E-state index contributed by atoms with van der Waals surface area (Å²) in [7, 11) is 0. The van der Waals surface area contributed by atoms with Gasteiger partial charge in [-0.25, -0.2) is 0 Å². The molecule has 0 spiro atoms. The second-order valence-corrected chi connectivity index (χ2v) is 3.69. The molecule has 1 aliphatic heterocycles. The molecule has 3 heteroatoms. The SMILES string of the molecule is C=CC(=C)/C=C/C(=O)NCC1=CNCCC1. The van der Waals surface area contributed by atoms with E-state index in [1.54, 1.807) is 12.2 Å². The van der Waals surface area contributed by atoms with Crippen molar-refractivity contribution in [3.8, 4) is 0 Å². The Bertz CT molecular complexity index is 340. The Hall–Kier alpha value is -1.77. The molecule has 1 rings (SSSR count). The topological polar surface area (TPSA) is 41.1 Å². The molecule has 0 aromatic rings. The summed E-state index contributed by atoms with van der Waals surface area (Å²) >= 11 is 0. The standard InChI is InChI=1S/C13H18N2O/c1-3-11(2)6-7-13(16)15-10-12-5-4-8-14-9-12/h3,6-7,9,14H,1-2,4-5,8,10H2,(H,15,16)/b7-6+. The zero-order valence-electron chi connectivity index (χ0n) is 9.46. The van der Waals surface area contributed by atoms with Crippen molar-refractivity contribution in [3.05, 3.63) is 48.7 Å². The highest BCUT2D eigenvalue weighted by Crippen LogP contribution is 2.06. The van der Waals surface area contributed by atoms with Crippen molar-refractivity contribution < 1.29 is 4.79 Å². The van der Waals surface area contributed by atoms with Gasteiger partial charge in [-0.15, -0.1) is 0 Å². The number of amides is 1. The molecular weight excluding hydrogens is 200 g/mol. The molecule has 0 aliphatic carbocycles. The van der Waals surface area contributed by atoms with Crippen LogP contribution in [-0.2, 0) is 4.79 Å². The third kappa shape index (κ3) is 4.64. The molecular formula is C13H18N2O. The summed E-state index contributed by atoms with van der Waals surface area (Å²) in [5.74, 6) is -0.102. The number of carbonyl (C=O) groups is 1. The van der Waals surface area contributed by atoms with Crippen LogP contribution in [-0.4, -0.2) is 19.0 Å². The van der Waals surface area contributed by atoms with E-state index >= 15 is 0 Å². The van der Waals surface area contributed by atoms with Crippen LogP contribution in [0.4, 0.5) is 0 Å². The van der Waals surface area contributed by atoms with Gasteiger partial charge in [-0.1, -0.05) is 25.3 Å². The smallest absolute Gasteiger partial charge is 0.244 e. The Labute approximate surface area is 96.6 Å². The van der Waals surface area contributed by atoms with Gasteiger partial charge in [0.2, 0.25) is 5.91 Å². The van der Waals surface area contributed by atoms with E-state index in [9.17, 15) is 4.79 Å². The van der Waals surface area contributed by atoms with Crippen LogP contribution in [0, 0.1) is 0 Å². The predicted octanol–water partition coefficient (Wildman–Crippen LogP) is 1.67. The van der Waals surface area contributed by atoms with Gasteiger partial charge in [0.1, 0.15) is 0 Å². The quantitative estimate of drug-likeness (QED) is 0.544. The number of allylic oxidation sites excluding steroid dienone is 3. The molecule has 0 saturated carbocycles. The second kappa shape index (κ2) is 6.67. The second-order valence-electron chi connectivity index (χ2n) is 3.69. The minimum absolute atomic E-state index is 0.102. The fraction of sp³-hybridized carbons (Fsp3) is 0.308. The van der Waals surface area contributed by atoms with Crippen LogP contribution in [0.25, 0.3) is 0 Å². The summed E-state index contributed by atoms with van der Waals surface area (Å²) in [5, 5.41) is 5.98. The third-order valence-corrected chi connectivity index (χ3v) is 2.33. The van der Waals surface area contributed by atoms with Crippen LogP contribution in [0.1, 0.15) is 12.8 Å². The van der Waals surface area contributed by atoms with Gasteiger partial charge in [-0.05, 0) is 30.2 Å². The lowest BCUT2D eigenvalue weighted by atomic mass is 10.1. The summed E-state index contributed by atoms with van der Waals surface area (Å²) in [6, 6.07) is 0. The largest absolute Gasteiger partial charge is 0.391 e. The Morgan fingerprint density at radius 1 is 1.56 bits per heavy atom. The van der Waals surface area contributed by atoms with E-state index in [0.717, 1.165) is 25.0 Å². The maximum absolute atomic E-state index is 11.4. The fourth-order valence-corrected chi connectivity index (χ4v) is 1.36. The van der Waals surface area contributed by atoms with Gasteiger partial charge in [-0.3, -0.25) is 4.79 Å². The highest BCUT2D eigenvalue weighted by molar-refractivity contribution is 5.88. The van der Waals surface area contributed by atoms with Crippen LogP contribution >= 0.6 is 0 Å². The van der Waals surface area contributed by atoms with Crippen LogP contribution in [0.3, 0.4) is 0 Å². The molecule has 0 fully saturated rings. The van der Waals surface area contributed by atoms with Gasteiger partial charge < -0.3 is 10.6 Å². The van der Waals surface area contributed by atoms with Gasteiger partial charge in [-0.2, -0.15) is 0 Å². The molecule has 86 valence electrons. The zero-order valence-corrected chi connectivity index (χ0v) is 9.46. The van der Waals surface area contributed by atoms with E-state index in [-0.39, 0.29) is 5.91 Å². The molecule has 1 amide bonds. The summed E-state index contributed by atoms with van der Waals surface area (Å²) < 4.78 is 0. The maximum Gasteiger partial charge on any atom is 0.244 e. The van der Waals surface area contributed by atoms with E-state index in [1.165, 1.54) is 11.6 Å². The van der Waals surface area contributed by atoms with E-state index < -0.39 is 0 Å². The van der Waals surface area contributed by atoms with Crippen molar-refractivity contribution in [3.63, 3.8) is 0 Å². The third-order valence-electron chi connectivity index (χ3n) is 2.33. The predicted molar refractivity (Wildman–Crippen MR) is 66.8 cm³/mol. The average Bonchev–Trinajstić information content (AvgIpc) is 2.34. The van der Waals surface area contributed by atoms with Crippen molar-refractivity contribution in [1.82, 2.24) is 10.6 Å². The van der Waals surface area contributed by atoms with Crippen LogP contribution in [0.2, 0.25) is 0 Å². The summed E-state index contributed by atoms with van der Waals surface area (Å²) in [5.41, 5.74) is 1.96. The normalized spacial score (nSPS) is 15.1. The lowest BCUT2D eigenvalue weighted by Gasteiger charge is -2.14. The Kier molecular flexibility index (Phi) is 5.12. The molecule has 2 N–H and O–H groups in total. The van der Waals surface area contributed by atoms with E-state index in [1.807, 2.05) is 6.20 Å². The van der Waals surface area contributed by atoms with Crippen LogP contribution < -0.4 is 10.6 Å². The number of hydrogen-bond donors (Lipinski definition) is 2. The Morgan fingerprint density at radius 2 is 2.38 bits per heavy atom. The van der Waals surface area contributed by atoms with E-state index in [4.69, 9.17) is 0 Å². The number of nitrogens with one attached hydrogen (secondary N) is 2. The van der Waals surface area contributed by atoms with Gasteiger partial charge in [0.05, 0.1) is 0 Å². The minimum Gasteiger partial charge on any atom is -0.391 e. The lowest BCUT2D eigenvalue weighted by molar-refractivity contribution is -0.116. The molecule has 16 heavy (non-hydrogen) atoms. The highest BCUT2D eigenvalue weighted by atomic mass is 16.1. The van der Waals surface area contributed by atoms with Gasteiger partial charge in [0, 0.05) is 19.2 Å². The number of carbonyl (C=O) groups excluding carboxylic acids is 1. The van der Waals surface area contributed by atoms with E-state index in [2.05, 4.69) is 23.8 Å². The van der Waals surface area contributed by atoms with Crippen LogP contribution in [0.5, 0.6) is 0 Å². The van der Waals surface area contributed by atoms with Crippen LogP contribution in [0.15, 0.2) is 48.7 Å². The Balaban J connectivity index is 2.29. The molecule has 0 bridgehead atoms. The fourth-order valence-electron chi connectivity index (χ4n) is 1.36. The molecule has 0 aromatic carbocycles. The monoisotopic (exact) mass is 218 g/mol. The van der Waals surface area contributed by atoms with E-state index in [0.29, 0.717) is 6.54 Å². The van der Waals surface area contributed by atoms with Crippen molar-refractivity contribution in [2.24, 2.45) is 0 Å². The number of hydrogen-bond acceptors (Lipinski definition) is 2. The first-order valence-electron chi connectivity index (χ1n) is 5.41. The summed E-state index contributed by atoms with van der Waals surface area (Å²) in [6.45, 7) is 8.88. The molecule has 0 unspecified atom stereocenters. The summed E-state index contributed by atoms with van der Waals surface area (Å²) in [4.78, 5) is 11.4. The molecule has 0 radical (unpaired) electrons. The van der Waals surface area contributed by atoms with Gasteiger partial charge in [0.25, 0.3) is 0 Å². The molecule has 0 saturated heterocycles. The minimum atomic E-state index is -0.102. The molecule has 1 aliphatic rings. The first-order chi connectivity index (χ1) is 7.72. The van der Waals surface area contributed by atoms with Crippen molar-refractivity contribution in [2.75, 3.05) is 13.1 Å². The first-order valence-corrected chi connectivity index (χ1v) is 5.41. The highest BCUT2D eigenvalue weighted by Gasteiger charge is 2.03. The molecule has 0 aromatic heterocycles. The average molecular weight is 218 g/mol. The van der Waals surface area contributed by atoms with Gasteiger partial charge >= 0.3 is 0 Å². The lowest BCUT2D eigenvalue weighted by Crippen LogP contribution is -2.26. The summed E-state index contributed by atoms with van der Waals surface area (Å²) in [6.07, 6.45) is 8.89. The maximum atomic E-state index is 11.4. The number of rotatable bonds is 5. The van der Waals surface area contributed by atoms with Crippen molar-refractivity contribution >= 4 is 5.91 Å². The molecule has 3 nitrogen and oxygen atoms in total. The first kappa shape index (κ1) is 12.3. The molecule has 0 atom stereocenters. The zero-order chi connectivity index (χ0) is 11.8. The van der Waals surface area contributed by atoms with Crippen molar-refractivity contribution in [2.45, 2.75) is 12.8 Å². The molecule has 1 heterocycles. The van der Waals surface area contributed by atoms with Crippen molar-refractivity contribution in [1.29, 1.82) is 0 Å².